The highest BCUT2D eigenvalue weighted by molar-refractivity contribution is 6.12. The first-order valence-corrected chi connectivity index (χ1v) is 10.8. The Morgan fingerprint density at radius 2 is 1.57 bits per heavy atom. The van der Waals surface area contributed by atoms with Crippen LogP contribution in [0.15, 0.2) is 65.3 Å². The van der Waals surface area contributed by atoms with E-state index < -0.39 is 29.4 Å². The van der Waals surface area contributed by atoms with Crippen LogP contribution in [-0.2, 0) is 7.05 Å². The number of pyridine rings is 1. The Hall–Kier alpha value is -3.75. The molecule has 0 radical (unpaired) electrons. The van der Waals surface area contributed by atoms with Crippen molar-refractivity contribution in [1.82, 2.24) is 4.57 Å². The molecule has 6 rings (SSSR count). The summed E-state index contributed by atoms with van der Waals surface area (Å²) in [5.41, 5.74) is 0.567. The van der Waals surface area contributed by atoms with Gasteiger partial charge in [0.2, 0.25) is 0 Å². The highest BCUT2D eigenvalue weighted by Gasteiger charge is 2.60. The summed E-state index contributed by atoms with van der Waals surface area (Å²) < 4.78 is 93.2. The molecular weight excluding hydrogens is 470 g/mol. The minimum absolute atomic E-state index is 0.169. The highest BCUT2D eigenvalue weighted by Crippen LogP contribution is 2.50. The fraction of sp³-hybridized carbons (Fsp3) is 0.192. The SMILES string of the molecule is Cc1cccc2c3ccccc3[n+]3c4c(C(C(F)(F)F)C(F)(F)F)c5occc5cc4n(C)c3c12. The Bertz CT molecular complexity index is 1790. The average Bonchev–Trinajstić information content (AvgIpc) is 3.35. The van der Waals surface area contributed by atoms with Crippen molar-refractivity contribution in [3.8, 4) is 0 Å². The average molecular weight is 487 g/mol. The van der Waals surface area contributed by atoms with E-state index in [4.69, 9.17) is 4.42 Å². The smallest absolute Gasteiger partial charge is 0.404 e. The van der Waals surface area contributed by atoms with E-state index in [1.54, 1.807) is 35.9 Å². The van der Waals surface area contributed by atoms with Crippen molar-refractivity contribution in [3.05, 3.63) is 72.0 Å². The summed E-state index contributed by atoms with van der Waals surface area (Å²) in [5, 5.41) is 2.50. The van der Waals surface area contributed by atoms with Gasteiger partial charge in [-0.1, -0.05) is 36.4 Å². The summed E-state index contributed by atoms with van der Waals surface area (Å²) in [6.07, 6.45) is -10.1. The van der Waals surface area contributed by atoms with E-state index >= 15 is 0 Å². The van der Waals surface area contributed by atoms with E-state index in [1.807, 2.05) is 31.2 Å². The van der Waals surface area contributed by atoms with Gasteiger partial charge in [-0.15, -0.1) is 0 Å². The Morgan fingerprint density at radius 3 is 2.29 bits per heavy atom. The number of aromatic nitrogens is 2. The molecule has 0 N–H and O–H groups in total. The second-order valence-corrected chi connectivity index (χ2v) is 8.75. The van der Waals surface area contributed by atoms with Crippen molar-refractivity contribution in [2.45, 2.75) is 25.2 Å². The van der Waals surface area contributed by atoms with Gasteiger partial charge in [0.1, 0.15) is 11.1 Å². The minimum Gasteiger partial charge on any atom is -0.464 e. The number of rotatable bonds is 1. The molecule has 0 bridgehead atoms. The number of aryl methyl sites for hydroxylation is 2. The van der Waals surface area contributed by atoms with E-state index in [0.29, 0.717) is 11.2 Å². The van der Waals surface area contributed by atoms with Gasteiger partial charge in [0, 0.05) is 22.2 Å². The normalized spacial score (nSPS) is 13.4. The summed E-state index contributed by atoms with van der Waals surface area (Å²) in [6.45, 7) is 1.87. The summed E-state index contributed by atoms with van der Waals surface area (Å²) >= 11 is 0. The molecule has 3 nitrogen and oxygen atoms in total. The third-order valence-corrected chi connectivity index (χ3v) is 6.72. The first-order valence-electron chi connectivity index (χ1n) is 10.8. The highest BCUT2D eigenvalue weighted by atomic mass is 19.4. The van der Waals surface area contributed by atoms with Gasteiger partial charge in [0.25, 0.3) is 5.65 Å². The van der Waals surface area contributed by atoms with Gasteiger partial charge in [0.15, 0.2) is 17.0 Å². The van der Waals surface area contributed by atoms with Crippen LogP contribution in [0.1, 0.15) is 17.0 Å². The van der Waals surface area contributed by atoms with Gasteiger partial charge in [0.05, 0.1) is 24.3 Å². The Labute approximate surface area is 193 Å². The molecule has 3 aromatic heterocycles. The maximum Gasteiger partial charge on any atom is 0.404 e. The van der Waals surface area contributed by atoms with E-state index in [-0.39, 0.29) is 16.4 Å². The fourth-order valence-electron chi connectivity index (χ4n) is 5.35. The Balaban J connectivity index is 2.01. The molecule has 0 aliphatic rings. The van der Waals surface area contributed by atoms with Crippen LogP contribution in [0.4, 0.5) is 26.3 Å². The first kappa shape index (κ1) is 21.8. The largest absolute Gasteiger partial charge is 0.464 e. The van der Waals surface area contributed by atoms with Crippen molar-refractivity contribution in [2.24, 2.45) is 7.05 Å². The zero-order valence-electron chi connectivity index (χ0n) is 18.4. The molecule has 3 aromatic carbocycles. The molecule has 0 atom stereocenters. The van der Waals surface area contributed by atoms with Gasteiger partial charge < -0.3 is 4.42 Å². The van der Waals surface area contributed by atoms with Crippen LogP contribution < -0.4 is 4.40 Å². The number of halogens is 6. The molecule has 0 fully saturated rings. The first-order chi connectivity index (χ1) is 16.5. The van der Waals surface area contributed by atoms with E-state index in [0.717, 1.165) is 28.0 Å². The lowest BCUT2D eigenvalue weighted by atomic mass is 9.94. The van der Waals surface area contributed by atoms with Gasteiger partial charge in [-0.2, -0.15) is 30.7 Å². The Morgan fingerprint density at radius 1 is 0.886 bits per heavy atom. The second kappa shape index (κ2) is 6.90. The number of fused-ring (bicyclic) bond motifs is 9. The van der Waals surface area contributed by atoms with Crippen LogP contribution in [0, 0.1) is 6.92 Å². The minimum atomic E-state index is -5.59. The maximum absolute atomic E-state index is 14.1. The van der Waals surface area contributed by atoms with Crippen molar-refractivity contribution in [2.75, 3.05) is 0 Å². The molecule has 178 valence electrons. The van der Waals surface area contributed by atoms with Gasteiger partial charge in [-0.3, -0.25) is 0 Å². The Kier molecular flexibility index (Phi) is 4.29. The molecule has 3 heterocycles. The van der Waals surface area contributed by atoms with E-state index in [9.17, 15) is 26.3 Å². The van der Waals surface area contributed by atoms with E-state index in [1.165, 1.54) is 10.5 Å². The number of para-hydroxylation sites is 1. The zero-order valence-corrected chi connectivity index (χ0v) is 18.4. The topological polar surface area (TPSA) is 22.2 Å². The monoisotopic (exact) mass is 487 g/mol. The summed E-state index contributed by atoms with van der Waals surface area (Å²) in [4.78, 5) is 0. The lowest BCUT2D eigenvalue weighted by molar-refractivity contribution is -0.450. The third kappa shape index (κ3) is 2.90. The molecule has 0 aliphatic heterocycles. The lowest BCUT2D eigenvalue weighted by Crippen LogP contribution is -2.36. The fourth-order valence-corrected chi connectivity index (χ4v) is 5.35. The summed E-state index contributed by atoms with van der Waals surface area (Å²) in [6, 6.07) is 15.6. The predicted molar refractivity (Wildman–Crippen MR) is 120 cm³/mol. The number of benzene rings is 3. The summed E-state index contributed by atoms with van der Waals surface area (Å²) in [7, 11) is 1.66. The van der Waals surface area contributed by atoms with Gasteiger partial charge in [-0.25, -0.2) is 4.57 Å². The summed E-state index contributed by atoms with van der Waals surface area (Å²) in [5.74, 6) is -3.73. The number of hydrogen-bond acceptors (Lipinski definition) is 1. The quantitative estimate of drug-likeness (QED) is 0.134. The van der Waals surface area contributed by atoms with Crippen molar-refractivity contribution in [1.29, 1.82) is 0 Å². The van der Waals surface area contributed by atoms with Crippen LogP contribution in [-0.4, -0.2) is 16.9 Å². The molecule has 0 spiro atoms. The lowest BCUT2D eigenvalue weighted by Gasteiger charge is -2.23. The van der Waals surface area contributed by atoms with Crippen molar-refractivity contribution >= 4 is 49.3 Å². The molecule has 0 unspecified atom stereocenters. The van der Waals surface area contributed by atoms with Crippen LogP contribution >= 0.6 is 0 Å². The van der Waals surface area contributed by atoms with Crippen LogP contribution in [0.5, 0.6) is 0 Å². The number of alkyl halides is 6. The zero-order chi connectivity index (χ0) is 24.9. The molecular formula is C26H17F6N2O+. The standard InChI is InChI=1S/C26H17F6N2O/c1-13-6-5-8-16-15-7-3-4-9-17(15)34-21-18(33(2)24(34)19(13)16)12-14-10-11-35-22(14)20(21)23(25(27,28)29)26(30,31)32/h3-12,23H,1-2H3/q+1. The number of imidazole rings is 1. The number of furan rings is 1. The molecule has 0 amide bonds. The number of hydrogen-bond donors (Lipinski definition) is 0. The van der Waals surface area contributed by atoms with Crippen molar-refractivity contribution in [3.63, 3.8) is 0 Å². The van der Waals surface area contributed by atoms with Crippen LogP contribution in [0.2, 0.25) is 0 Å². The van der Waals surface area contributed by atoms with E-state index in [2.05, 4.69) is 0 Å². The molecule has 9 heteroatoms. The maximum atomic E-state index is 14.1. The second-order valence-electron chi connectivity index (χ2n) is 8.75. The number of nitrogens with zero attached hydrogens (tertiary/aromatic N) is 2. The molecule has 0 saturated heterocycles. The van der Waals surface area contributed by atoms with Crippen molar-refractivity contribution < 1.29 is 35.2 Å². The molecule has 6 aromatic rings. The molecule has 0 saturated carbocycles. The van der Waals surface area contributed by atoms with Gasteiger partial charge in [-0.05, 0) is 24.6 Å². The predicted octanol–water partition coefficient (Wildman–Crippen LogP) is 7.49. The van der Waals surface area contributed by atoms with Crippen LogP contribution in [0.25, 0.3) is 49.3 Å². The van der Waals surface area contributed by atoms with Gasteiger partial charge >= 0.3 is 12.4 Å². The molecule has 0 aliphatic carbocycles. The molecule has 35 heavy (non-hydrogen) atoms. The third-order valence-electron chi connectivity index (χ3n) is 6.72. The van der Waals surface area contributed by atoms with Crippen LogP contribution in [0.3, 0.4) is 0 Å².